The third kappa shape index (κ3) is 3.08. The van der Waals surface area contributed by atoms with E-state index in [4.69, 9.17) is 10.2 Å². The van der Waals surface area contributed by atoms with Gasteiger partial charge in [0, 0.05) is 12.1 Å². The summed E-state index contributed by atoms with van der Waals surface area (Å²) in [6.07, 6.45) is 4.69. The Morgan fingerprint density at radius 2 is 2.07 bits per heavy atom. The topological polar surface area (TPSA) is 51.2 Å². The van der Waals surface area contributed by atoms with Crippen molar-refractivity contribution in [1.82, 2.24) is 5.32 Å². The highest BCUT2D eigenvalue weighted by atomic mass is 16.3. The lowest BCUT2D eigenvalue weighted by Crippen LogP contribution is -2.36. The normalized spacial score (nSPS) is 26.8. The van der Waals surface area contributed by atoms with E-state index in [1.165, 1.54) is 12.8 Å². The van der Waals surface area contributed by atoms with Gasteiger partial charge in [0.1, 0.15) is 11.5 Å². The molecular formula is C12H20N2O. The molecule has 0 unspecified atom stereocenters. The molecule has 0 spiro atoms. The minimum absolute atomic E-state index is 0.425. The number of furan rings is 1. The van der Waals surface area contributed by atoms with Gasteiger partial charge < -0.3 is 15.5 Å². The van der Waals surface area contributed by atoms with E-state index in [1.807, 2.05) is 19.1 Å². The molecule has 1 aliphatic rings. The molecule has 1 saturated carbocycles. The summed E-state index contributed by atoms with van der Waals surface area (Å²) < 4.78 is 5.51. The minimum atomic E-state index is 0.425. The molecular weight excluding hydrogens is 188 g/mol. The summed E-state index contributed by atoms with van der Waals surface area (Å²) in [6.45, 7) is 2.82. The van der Waals surface area contributed by atoms with Crippen molar-refractivity contribution < 1.29 is 4.42 Å². The van der Waals surface area contributed by atoms with Crippen molar-refractivity contribution in [2.24, 2.45) is 5.73 Å². The first-order valence-electron chi connectivity index (χ1n) is 5.78. The third-order valence-electron chi connectivity index (χ3n) is 3.13. The van der Waals surface area contributed by atoms with E-state index in [0.29, 0.717) is 12.1 Å². The number of hydrogen-bond acceptors (Lipinski definition) is 3. The van der Waals surface area contributed by atoms with Crippen LogP contribution in [0.4, 0.5) is 0 Å². The quantitative estimate of drug-likeness (QED) is 0.798. The molecule has 0 aromatic carbocycles. The number of nitrogens with one attached hydrogen (secondary N) is 1. The molecule has 0 amide bonds. The predicted octanol–water partition coefficient (Wildman–Crippen LogP) is 1.95. The zero-order valence-electron chi connectivity index (χ0n) is 9.33. The number of hydrogen-bond donors (Lipinski definition) is 2. The van der Waals surface area contributed by atoms with Crippen molar-refractivity contribution in [3.05, 3.63) is 23.7 Å². The highest BCUT2D eigenvalue weighted by Gasteiger charge is 2.17. The monoisotopic (exact) mass is 208 g/mol. The fraction of sp³-hybridized carbons (Fsp3) is 0.667. The van der Waals surface area contributed by atoms with Crippen LogP contribution in [0.25, 0.3) is 0 Å². The molecule has 3 nitrogen and oxygen atoms in total. The summed E-state index contributed by atoms with van der Waals surface area (Å²) in [5.74, 6) is 2.01. The maximum atomic E-state index is 5.86. The Labute approximate surface area is 91.0 Å². The Kier molecular flexibility index (Phi) is 3.44. The highest BCUT2D eigenvalue weighted by Crippen LogP contribution is 2.17. The molecule has 15 heavy (non-hydrogen) atoms. The second-order valence-corrected chi connectivity index (χ2v) is 4.50. The molecule has 0 bridgehead atoms. The van der Waals surface area contributed by atoms with Gasteiger partial charge in [-0.2, -0.15) is 0 Å². The van der Waals surface area contributed by atoms with E-state index >= 15 is 0 Å². The van der Waals surface area contributed by atoms with E-state index in [9.17, 15) is 0 Å². The molecule has 1 aromatic heterocycles. The maximum Gasteiger partial charge on any atom is 0.117 e. The molecule has 1 aliphatic carbocycles. The first kappa shape index (κ1) is 10.7. The average Bonchev–Trinajstić information content (AvgIpc) is 2.64. The largest absolute Gasteiger partial charge is 0.465 e. The Hall–Kier alpha value is -0.800. The first-order chi connectivity index (χ1) is 7.24. The van der Waals surface area contributed by atoms with Gasteiger partial charge in [0.2, 0.25) is 0 Å². The van der Waals surface area contributed by atoms with E-state index in [-0.39, 0.29) is 0 Å². The molecule has 0 radical (unpaired) electrons. The lowest BCUT2D eigenvalue weighted by Gasteiger charge is -2.26. The third-order valence-corrected chi connectivity index (χ3v) is 3.13. The summed E-state index contributed by atoms with van der Waals surface area (Å²) in [5, 5.41) is 3.52. The Bertz CT molecular complexity index is 300. The van der Waals surface area contributed by atoms with Gasteiger partial charge in [-0.05, 0) is 44.7 Å². The molecule has 3 N–H and O–H groups in total. The first-order valence-corrected chi connectivity index (χ1v) is 5.78. The molecule has 1 fully saturated rings. The maximum absolute atomic E-state index is 5.86. The number of nitrogens with two attached hydrogens (primary N) is 1. The van der Waals surface area contributed by atoms with Crippen LogP contribution in [-0.4, -0.2) is 12.1 Å². The van der Waals surface area contributed by atoms with E-state index in [0.717, 1.165) is 30.9 Å². The van der Waals surface area contributed by atoms with Crippen molar-refractivity contribution in [2.45, 2.75) is 51.2 Å². The molecule has 2 rings (SSSR count). The Balaban J connectivity index is 1.74. The van der Waals surface area contributed by atoms with Crippen LogP contribution in [0.1, 0.15) is 37.2 Å². The van der Waals surface area contributed by atoms with Gasteiger partial charge in [-0.3, -0.25) is 0 Å². The van der Waals surface area contributed by atoms with Crippen LogP contribution >= 0.6 is 0 Å². The van der Waals surface area contributed by atoms with Gasteiger partial charge >= 0.3 is 0 Å². The van der Waals surface area contributed by atoms with Gasteiger partial charge in [-0.1, -0.05) is 0 Å². The molecule has 84 valence electrons. The zero-order valence-corrected chi connectivity index (χ0v) is 9.33. The average molecular weight is 208 g/mol. The van der Waals surface area contributed by atoms with Gasteiger partial charge in [-0.15, -0.1) is 0 Å². The van der Waals surface area contributed by atoms with Crippen LogP contribution in [0.15, 0.2) is 16.5 Å². The van der Waals surface area contributed by atoms with E-state index < -0.39 is 0 Å². The summed E-state index contributed by atoms with van der Waals surface area (Å²) in [5.41, 5.74) is 5.86. The summed E-state index contributed by atoms with van der Waals surface area (Å²) in [6, 6.07) is 5.09. The van der Waals surface area contributed by atoms with Crippen LogP contribution in [-0.2, 0) is 6.54 Å². The number of rotatable bonds is 3. The van der Waals surface area contributed by atoms with Crippen molar-refractivity contribution >= 4 is 0 Å². The van der Waals surface area contributed by atoms with Gasteiger partial charge in [0.05, 0.1) is 6.54 Å². The SMILES string of the molecule is Cc1ccc(CNC2CCC(N)CC2)o1. The van der Waals surface area contributed by atoms with Crippen molar-refractivity contribution in [3.8, 4) is 0 Å². The summed E-state index contributed by atoms with van der Waals surface area (Å²) in [4.78, 5) is 0. The van der Waals surface area contributed by atoms with Crippen molar-refractivity contribution in [1.29, 1.82) is 0 Å². The molecule has 1 heterocycles. The van der Waals surface area contributed by atoms with Crippen LogP contribution in [0, 0.1) is 6.92 Å². The zero-order chi connectivity index (χ0) is 10.7. The predicted molar refractivity (Wildman–Crippen MR) is 60.5 cm³/mol. The molecule has 3 heteroatoms. The second kappa shape index (κ2) is 4.81. The smallest absolute Gasteiger partial charge is 0.117 e. The summed E-state index contributed by atoms with van der Waals surface area (Å²) in [7, 11) is 0. The highest BCUT2D eigenvalue weighted by molar-refractivity contribution is 5.05. The number of aryl methyl sites for hydroxylation is 1. The Morgan fingerprint density at radius 1 is 1.33 bits per heavy atom. The molecule has 0 saturated heterocycles. The second-order valence-electron chi connectivity index (χ2n) is 4.50. The lowest BCUT2D eigenvalue weighted by atomic mass is 9.92. The van der Waals surface area contributed by atoms with Gasteiger partial charge in [-0.25, -0.2) is 0 Å². The lowest BCUT2D eigenvalue weighted by molar-refractivity contribution is 0.330. The molecule has 0 aliphatic heterocycles. The van der Waals surface area contributed by atoms with Crippen LogP contribution in [0.2, 0.25) is 0 Å². The molecule has 0 atom stereocenters. The van der Waals surface area contributed by atoms with Crippen LogP contribution in [0.3, 0.4) is 0 Å². The van der Waals surface area contributed by atoms with Crippen molar-refractivity contribution in [2.75, 3.05) is 0 Å². The fourth-order valence-corrected chi connectivity index (χ4v) is 2.15. The van der Waals surface area contributed by atoms with Crippen molar-refractivity contribution in [3.63, 3.8) is 0 Å². The van der Waals surface area contributed by atoms with Gasteiger partial charge in [0.25, 0.3) is 0 Å². The van der Waals surface area contributed by atoms with Crippen LogP contribution in [0.5, 0.6) is 0 Å². The fourth-order valence-electron chi connectivity index (χ4n) is 2.15. The summed E-state index contributed by atoms with van der Waals surface area (Å²) >= 11 is 0. The van der Waals surface area contributed by atoms with Crippen LogP contribution < -0.4 is 11.1 Å². The van der Waals surface area contributed by atoms with Gasteiger partial charge in [0.15, 0.2) is 0 Å². The minimum Gasteiger partial charge on any atom is -0.465 e. The molecule has 1 aromatic rings. The standard InChI is InChI=1S/C12H20N2O/c1-9-2-7-12(15-9)8-14-11-5-3-10(13)4-6-11/h2,7,10-11,14H,3-6,8,13H2,1H3. The van der Waals surface area contributed by atoms with E-state index in [1.54, 1.807) is 0 Å². The Morgan fingerprint density at radius 3 is 2.67 bits per heavy atom. The van der Waals surface area contributed by atoms with E-state index in [2.05, 4.69) is 5.32 Å².